The van der Waals surface area contributed by atoms with Gasteiger partial charge < -0.3 is 4.98 Å². The number of H-pyrrole nitrogens is 1. The first-order chi connectivity index (χ1) is 11.1. The Labute approximate surface area is 132 Å². The molecule has 1 aliphatic heterocycles. The molecule has 1 saturated carbocycles. The van der Waals surface area contributed by atoms with Gasteiger partial charge in [0.15, 0.2) is 0 Å². The van der Waals surface area contributed by atoms with Crippen molar-refractivity contribution in [2.24, 2.45) is 0 Å². The molecule has 6 heteroatoms. The summed E-state index contributed by atoms with van der Waals surface area (Å²) in [7, 11) is 0. The number of aromatic nitrogens is 2. The van der Waals surface area contributed by atoms with Gasteiger partial charge in [-0.1, -0.05) is 0 Å². The minimum atomic E-state index is -0.440. The van der Waals surface area contributed by atoms with Gasteiger partial charge in [-0.2, -0.15) is 0 Å². The van der Waals surface area contributed by atoms with Crippen molar-refractivity contribution in [2.75, 3.05) is 6.54 Å². The van der Waals surface area contributed by atoms with Crippen LogP contribution in [0.1, 0.15) is 41.4 Å². The Balaban J connectivity index is 1.58. The molecule has 2 aliphatic rings. The van der Waals surface area contributed by atoms with Crippen LogP contribution in [0.3, 0.4) is 0 Å². The summed E-state index contributed by atoms with van der Waals surface area (Å²) < 4.78 is 27.1. The van der Waals surface area contributed by atoms with Crippen LogP contribution in [0.15, 0.2) is 23.0 Å². The largest absolute Gasteiger partial charge is 0.310 e. The summed E-state index contributed by atoms with van der Waals surface area (Å²) in [6.07, 6.45) is 2.72. The Bertz CT molecular complexity index is 814. The van der Waals surface area contributed by atoms with Crippen LogP contribution in [-0.4, -0.2) is 21.4 Å². The van der Waals surface area contributed by atoms with E-state index in [4.69, 9.17) is 0 Å². The van der Waals surface area contributed by atoms with Crippen molar-refractivity contribution in [2.45, 2.75) is 38.3 Å². The van der Waals surface area contributed by atoms with Gasteiger partial charge in [-0.3, -0.25) is 9.69 Å². The minimum Gasteiger partial charge on any atom is -0.310 e. The number of rotatable bonds is 3. The van der Waals surface area contributed by atoms with E-state index in [1.165, 1.54) is 6.07 Å². The molecule has 23 heavy (non-hydrogen) atoms. The Morgan fingerprint density at radius 2 is 2.13 bits per heavy atom. The highest BCUT2D eigenvalue weighted by Gasteiger charge is 2.29. The zero-order valence-corrected chi connectivity index (χ0v) is 12.6. The summed E-state index contributed by atoms with van der Waals surface area (Å²) in [5, 5.41) is 0. The van der Waals surface area contributed by atoms with Crippen molar-refractivity contribution in [3.05, 3.63) is 62.8 Å². The number of halogens is 2. The van der Waals surface area contributed by atoms with Gasteiger partial charge >= 0.3 is 0 Å². The highest BCUT2D eigenvalue weighted by molar-refractivity contribution is 5.24. The van der Waals surface area contributed by atoms with Gasteiger partial charge in [0, 0.05) is 36.7 Å². The number of fused-ring (bicyclic) bond motifs is 1. The lowest BCUT2D eigenvalue weighted by atomic mass is 10.1. The molecule has 0 amide bonds. The molecule has 0 spiro atoms. The van der Waals surface area contributed by atoms with Gasteiger partial charge in [0.25, 0.3) is 5.56 Å². The Morgan fingerprint density at radius 3 is 2.91 bits per heavy atom. The predicted octanol–water partition coefficient (Wildman–Crippen LogP) is 2.48. The maximum atomic E-state index is 13.8. The third-order valence-electron chi connectivity index (χ3n) is 4.54. The lowest BCUT2D eigenvalue weighted by Gasteiger charge is -2.27. The van der Waals surface area contributed by atoms with E-state index in [2.05, 4.69) is 9.97 Å². The monoisotopic (exact) mass is 317 g/mol. The molecule has 4 nitrogen and oxygen atoms in total. The second-order valence-electron chi connectivity index (χ2n) is 6.35. The van der Waals surface area contributed by atoms with Gasteiger partial charge in [0.05, 0.1) is 5.69 Å². The highest BCUT2D eigenvalue weighted by atomic mass is 19.1. The number of hydrogen-bond donors (Lipinski definition) is 1. The van der Waals surface area contributed by atoms with Crippen molar-refractivity contribution in [1.29, 1.82) is 0 Å². The zero-order valence-electron chi connectivity index (χ0n) is 12.6. The Morgan fingerprint density at radius 1 is 1.30 bits per heavy atom. The smallest absolute Gasteiger partial charge is 0.254 e. The maximum Gasteiger partial charge on any atom is 0.254 e. The first kappa shape index (κ1) is 14.5. The molecule has 1 fully saturated rings. The van der Waals surface area contributed by atoms with Crippen LogP contribution < -0.4 is 5.56 Å². The van der Waals surface area contributed by atoms with Crippen LogP contribution in [0, 0.1) is 11.6 Å². The third kappa shape index (κ3) is 2.91. The van der Waals surface area contributed by atoms with Crippen LogP contribution in [0.2, 0.25) is 0 Å². The topological polar surface area (TPSA) is 49.0 Å². The second-order valence-corrected chi connectivity index (χ2v) is 6.35. The summed E-state index contributed by atoms with van der Waals surface area (Å²) in [6.45, 7) is 1.45. The van der Waals surface area contributed by atoms with E-state index < -0.39 is 11.6 Å². The number of nitrogens with zero attached hydrogens (tertiary/aromatic N) is 2. The molecular formula is C17H17F2N3O. The van der Waals surface area contributed by atoms with Gasteiger partial charge in [-0.15, -0.1) is 0 Å². The quantitative estimate of drug-likeness (QED) is 0.946. The lowest BCUT2D eigenvalue weighted by molar-refractivity contribution is 0.236. The first-order valence-corrected chi connectivity index (χ1v) is 7.88. The molecule has 1 aromatic carbocycles. The molecule has 0 unspecified atom stereocenters. The van der Waals surface area contributed by atoms with Crippen LogP contribution in [-0.2, 0) is 19.5 Å². The highest BCUT2D eigenvalue weighted by Crippen LogP contribution is 2.37. The standard InChI is InChI=1S/C17H17F2N3O/c18-12-3-4-14(19)11(7-12)8-22-6-5-13-15(9-22)20-16(10-1-2-10)21-17(13)23/h3-4,7,10H,1-2,5-6,8-9H2,(H,20,21,23). The molecular weight excluding hydrogens is 300 g/mol. The molecule has 0 radical (unpaired) electrons. The van der Waals surface area contributed by atoms with Crippen molar-refractivity contribution in [3.63, 3.8) is 0 Å². The van der Waals surface area contributed by atoms with E-state index in [-0.39, 0.29) is 5.56 Å². The number of aromatic amines is 1. The van der Waals surface area contributed by atoms with Crippen LogP contribution in [0.5, 0.6) is 0 Å². The molecule has 0 saturated heterocycles. The summed E-state index contributed by atoms with van der Waals surface area (Å²) in [6, 6.07) is 3.50. The van der Waals surface area contributed by atoms with Gasteiger partial charge in [0.2, 0.25) is 0 Å². The molecule has 0 bridgehead atoms. The normalized spacial score (nSPS) is 18.0. The number of nitrogens with one attached hydrogen (secondary N) is 1. The first-order valence-electron chi connectivity index (χ1n) is 7.88. The fraction of sp³-hybridized carbons (Fsp3) is 0.412. The molecule has 2 heterocycles. The SMILES string of the molecule is O=c1[nH]c(C2CC2)nc2c1CCN(Cc1cc(F)ccc1F)C2. The minimum absolute atomic E-state index is 0.0477. The van der Waals surface area contributed by atoms with Crippen LogP contribution >= 0.6 is 0 Å². The predicted molar refractivity (Wildman–Crippen MR) is 81.0 cm³/mol. The van der Waals surface area contributed by atoms with Crippen molar-refractivity contribution >= 4 is 0 Å². The molecule has 0 atom stereocenters. The van der Waals surface area contributed by atoms with E-state index in [0.717, 1.165) is 42.1 Å². The molecule has 1 N–H and O–H groups in total. The zero-order chi connectivity index (χ0) is 16.0. The summed E-state index contributed by atoms with van der Waals surface area (Å²) in [4.78, 5) is 21.6. The lowest BCUT2D eigenvalue weighted by Crippen LogP contribution is -2.35. The molecule has 2 aromatic rings. The second kappa shape index (κ2) is 5.53. The average Bonchev–Trinajstić information content (AvgIpc) is 3.35. The fourth-order valence-electron chi connectivity index (χ4n) is 3.10. The third-order valence-corrected chi connectivity index (χ3v) is 4.54. The van der Waals surface area contributed by atoms with Crippen molar-refractivity contribution in [3.8, 4) is 0 Å². The van der Waals surface area contributed by atoms with Crippen LogP contribution in [0.4, 0.5) is 8.78 Å². The van der Waals surface area contributed by atoms with E-state index in [0.29, 0.717) is 37.5 Å². The fourth-order valence-corrected chi connectivity index (χ4v) is 3.10. The molecule has 1 aromatic heterocycles. The van der Waals surface area contributed by atoms with Crippen molar-refractivity contribution < 1.29 is 8.78 Å². The van der Waals surface area contributed by atoms with E-state index in [1.54, 1.807) is 0 Å². The maximum absolute atomic E-state index is 13.8. The summed E-state index contributed by atoms with van der Waals surface area (Å²) in [5.74, 6) is 0.302. The number of hydrogen-bond acceptors (Lipinski definition) is 3. The van der Waals surface area contributed by atoms with Gasteiger partial charge in [0.1, 0.15) is 17.5 Å². The average molecular weight is 317 g/mol. The Hall–Kier alpha value is -2.08. The van der Waals surface area contributed by atoms with Crippen LogP contribution in [0.25, 0.3) is 0 Å². The van der Waals surface area contributed by atoms with Gasteiger partial charge in [-0.25, -0.2) is 13.8 Å². The molecule has 4 rings (SSSR count). The van der Waals surface area contributed by atoms with Crippen molar-refractivity contribution in [1.82, 2.24) is 14.9 Å². The molecule has 1 aliphatic carbocycles. The summed E-state index contributed by atoms with van der Waals surface area (Å²) in [5.41, 5.74) is 1.79. The number of benzene rings is 1. The molecule has 120 valence electrons. The van der Waals surface area contributed by atoms with E-state index in [9.17, 15) is 13.6 Å². The van der Waals surface area contributed by atoms with E-state index in [1.807, 2.05) is 4.90 Å². The summed E-state index contributed by atoms with van der Waals surface area (Å²) >= 11 is 0. The Kier molecular flexibility index (Phi) is 3.49. The van der Waals surface area contributed by atoms with Gasteiger partial charge in [-0.05, 0) is 37.5 Å². The van der Waals surface area contributed by atoms with E-state index >= 15 is 0 Å².